The Morgan fingerprint density at radius 1 is 0.615 bits per heavy atom. The van der Waals surface area contributed by atoms with E-state index in [9.17, 15) is 0 Å². The molecule has 0 amide bonds. The maximum Gasteiger partial charge on any atom is 2.00 e. The summed E-state index contributed by atoms with van der Waals surface area (Å²) in [5, 5.41) is 0. The second-order valence-electron chi connectivity index (χ2n) is 0.816. The van der Waals surface area contributed by atoms with Crippen LogP contribution in [0.15, 0.2) is 0 Å². The van der Waals surface area contributed by atoms with Crippen LogP contribution in [0.1, 0.15) is 0 Å². The predicted octanol–water partition coefficient (Wildman–Crippen LogP) is -2.30. The molecule has 0 aromatic carbocycles. The summed E-state index contributed by atoms with van der Waals surface area (Å²) in [7, 11) is -10.3. The SMILES string of the molecule is O=S(=O)([O-])[O-].O=S(=O)([O-])[O-].[NH4+].[Ni+2].[Ni+2]. The van der Waals surface area contributed by atoms with Gasteiger partial charge in [0.25, 0.3) is 0 Å². The van der Waals surface area contributed by atoms with Gasteiger partial charge in [0.05, 0.1) is 0 Å². The van der Waals surface area contributed by atoms with Gasteiger partial charge in [0, 0.05) is 20.8 Å². The van der Waals surface area contributed by atoms with Crippen molar-refractivity contribution < 1.29 is 68.0 Å². The molecule has 0 fully saturated rings. The van der Waals surface area contributed by atoms with Crippen molar-refractivity contribution in [2.75, 3.05) is 0 Å². The van der Waals surface area contributed by atoms with Crippen molar-refractivity contribution in [1.82, 2.24) is 6.15 Å². The average Bonchev–Trinajstić information content (AvgIpc) is 1.12. The van der Waals surface area contributed by atoms with Gasteiger partial charge in [-0.25, -0.2) is 0 Å². The van der Waals surface area contributed by atoms with Crippen LogP contribution in [0.25, 0.3) is 0 Å². The van der Waals surface area contributed by atoms with E-state index < -0.39 is 20.8 Å². The summed E-state index contributed by atoms with van der Waals surface area (Å²) < 4.78 is 68.2. The van der Waals surface area contributed by atoms with Gasteiger partial charge in [-0.3, -0.25) is 16.8 Å². The van der Waals surface area contributed by atoms with Gasteiger partial charge in [-0.15, -0.1) is 0 Å². The molecular weight excluding hydrogens is 324 g/mol. The van der Waals surface area contributed by atoms with Crippen LogP contribution in [-0.4, -0.2) is 35.0 Å². The molecule has 88 valence electrons. The van der Waals surface area contributed by atoms with Crippen LogP contribution in [0.2, 0.25) is 0 Å². The van der Waals surface area contributed by atoms with E-state index in [-0.39, 0.29) is 39.1 Å². The monoisotopic (exact) mass is 326 g/mol. The molecule has 0 spiro atoms. The molecule has 0 heterocycles. The van der Waals surface area contributed by atoms with Crippen molar-refractivity contribution in [3.05, 3.63) is 0 Å². The van der Waals surface area contributed by atoms with Crippen LogP contribution in [0, 0.1) is 0 Å². The van der Waals surface area contributed by atoms with E-state index >= 15 is 0 Å². The maximum absolute atomic E-state index is 8.52. The molecule has 13 heavy (non-hydrogen) atoms. The number of rotatable bonds is 0. The molecule has 0 saturated carbocycles. The van der Waals surface area contributed by atoms with E-state index in [0.717, 1.165) is 0 Å². The van der Waals surface area contributed by atoms with Crippen LogP contribution in [-0.2, 0) is 53.8 Å². The maximum atomic E-state index is 8.52. The van der Waals surface area contributed by atoms with Crippen molar-refractivity contribution in [1.29, 1.82) is 0 Å². The van der Waals surface area contributed by atoms with E-state index in [1.807, 2.05) is 0 Å². The van der Waals surface area contributed by atoms with Gasteiger partial charge in [0.1, 0.15) is 0 Å². The summed E-state index contributed by atoms with van der Waals surface area (Å²) in [6.07, 6.45) is 0. The standard InChI is InChI=1S/H3N.2Ni.2H2O4S/c;;;2*1-5(2,3)4/h1H3;;;2*(H2,1,2,3,4)/q;2*+2;;/p-3. The molecule has 0 atom stereocenters. The van der Waals surface area contributed by atoms with E-state index in [1.165, 1.54) is 0 Å². The first-order valence-corrected chi connectivity index (χ1v) is 4.00. The molecule has 0 aliphatic rings. The Labute approximate surface area is 94.9 Å². The van der Waals surface area contributed by atoms with Gasteiger partial charge in [-0.2, -0.15) is 0 Å². The number of quaternary nitrogens is 1. The Morgan fingerprint density at radius 2 is 0.615 bits per heavy atom. The second-order valence-corrected chi connectivity index (χ2v) is 2.45. The molecule has 4 N–H and O–H groups in total. The Hall–Kier alpha value is 0.687. The first kappa shape index (κ1) is 29.2. The molecule has 0 rings (SSSR count). The van der Waals surface area contributed by atoms with Gasteiger partial charge in [0.2, 0.25) is 0 Å². The van der Waals surface area contributed by atoms with Crippen LogP contribution in [0.5, 0.6) is 0 Å². The molecule has 0 aromatic rings. The smallest absolute Gasteiger partial charge is 0.759 e. The zero-order valence-electron chi connectivity index (χ0n) is 5.71. The zero-order chi connectivity index (χ0) is 9.00. The van der Waals surface area contributed by atoms with E-state index in [4.69, 9.17) is 35.0 Å². The molecule has 0 bridgehead atoms. The molecule has 0 aliphatic carbocycles. The summed E-state index contributed by atoms with van der Waals surface area (Å²) >= 11 is 0. The summed E-state index contributed by atoms with van der Waals surface area (Å²) in [6.45, 7) is 0. The van der Waals surface area contributed by atoms with Crippen LogP contribution < -0.4 is 6.15 Å². The molecule has 13 heteroatoms. The van der Waals surface area contributed by atoms with Gasteiger partial charge in [0.15, 0.2) is 0 Å². The first-order valence-electron chi connectivity index (χ1n) is 1.33. The van der Waals surface area contributed by atoms with E-state index in [1.54, 1.807) is 0 Å². The fourth-order valence-corrected chi connectivity index (χ4v) is 0. The number of hydrogen-bond acceptors (Lipinski definition) is 8. The van der Waals surface area contributed by atoms with Gasteiger partial charge >= 0.3 is 33.0 Å². The van der Waals surface area contributed by atoms with Crippen LogP contribution in [0.4, 0.5) is 0 Å². The zero-order valence-corrected chi connectivity index (χ0v) is 9.32. The number of hydrogen-bond donors (Lipinski definition) is 1. The average molecular weight is 328 g/mol. The molecular formula is H4NNi2O8S2+. The minimum atomic E-state index is -5.17. The van der Waals surface area contributed by atoms with Gasteiger partial charge in [-0.1, -0.05) is 0 Å². The normalized spacial score (nSPS) is 8.92. The van der Waals surface area contributed by atoms with Crippen molar-refractivity contribution in [3.63, 3.8) is 0 Å². The van der Waals surface area contributed by atoms with E-state index in [2.05, 4.69) is 0 Å². The third-order valence-corrected chi connectivity index (χ3v) is 0. The molecule has 0 aromatic heterocycles. The molecule has 0 radical (unpaired) electrons. The fourth-order valence-electron chi connectivity index (χ4n) is 0. The fraction of sp³-hybridized carbons (Fsp3) is 0. The summed E-state index contributed by atoms with van der Waals surface area (Å²) in [5.41, 5.74) is 0. The van der Waals surface area contributed by atoms with Crippen LogP contribution >= 0.6 is 0 Å². The van der Waals surface area contributed by atoms with E-state index in [0.29, 0.717) is 0 Å². The Bertz CT molecular complexity index is 217. The summed E-state index contributed by atoms with van der Waals surface area (Å²) in [5.74, 6) is 0. The van der Waals surface area contributed by atoms with Crippen molar-refractivity contribution in [2.24, 2.45) is 0 Å². The minimum Gasteiger partial charge on any atom is -0.759 e. The Balaban J connectivity index is -0.0000000267. The molecule has 0 unspecified atom stereocenters. The van der Waals surface area contributed by atoms with Gasteiger partial charge < -0.3 is 24.4 Å². The Kier molecular flexibility index (Phi) is 24.2. The second kappa shape index (κ2) is 10.8. The molecule has 0 saturated heterocycles. The van der Waals surface area contributed by atoms with Crippen molar-refractivity contribution in [3.8, 4) is 0 Å². The van der Waals surface area contributed by atoms with Crippen molar-refractivity contribution in [2.45, 2.75) is 0 Å². The van der Waals surface area contributed by atoms with Crippen molar-refractivity contribution >= 4 is 20.8 Å². The summed E-state index contributed by atoms with van der Waals surface area (Å²) in [4.78, 5) is 0. The van der Waals surface area contributed by atoms with Crippen LogP contribution in [0.3, 0.4) is 0 Å². The summed E-state index contributed by atoms with van der Waals surface area (Å²) in [6, 6.07) is 0. The predicted molar refractivity (Wildman–Crippen MR) is 26.9 cm³/mol. The largest absolute Gasteiger partial charge is 2.00 e. The minimum absolute atomic E-state index is 0. The third-order valence-electron chi connectivity index (χ3n) is 0. The topological polar surface area (TPSA) is 197 Å². The quantitative estimate of drug-likeness (QED) is 0.290. The third kappa shape index (κ3) is 3070. The molecule has 9 nitrogen and oxygen atoms in total. The molecule has 0 aliphatic heterocycles. The first-order chi connectivity index (χ1) is 4.00. The van der Waals surface area contributed by atoms with Gasteiger partial charge in [-0.05, 0) is 0 Å². The Morgan fingerprint density at radius 3 is 0.615 bits per heavy atom.